The fourth-order valence-corrected chi connectivity index (χ4v) is 3.82. The standard InChI is InChI=1S/C21H24BrN5O3/c1-14(28)27-8-6-26(7-9-27)12-17(29)13-30-18-4-2-15(3-5-18)20-24-19-10-16(22)11-23-21(19)25-20/h2-5,10-11,17,29H,6-9,12-13H2,1H3,(H,23,24,25). The lowest BCUT2D eigenvalue weighted by Crippen LogP contribution is -2.50. The molecule has 0 aliphatic carbocycles. The van der Waals surface area contributed by atoms with E-state index in [-0.39, 0.29) is 12.5 Å². The van der Waals surface area contributed by atoms with E-state index in [0.717, 1.165) is 40.1 Å². The second kappa shape index (κ2) is 9.11. The van der Waals surface area contributed by atoms with Crippen molar-refractivity contribution in [3.63, 3.8) is 0 Å². The van der Waals surface area contributed by atoms with E-state index in [1.807, 2.05) is 35.2 Å². The highest BCUT2D eigenvalue weighted by Gasteiger charge is 2.20. The van der Waals surface area contributed by atoms with Gasteiger partial charge in [-0.15, -0.1) is 0 Å². The number of pyridine rings is 1. The minimum Gasteiger partial charge on any atom is -0.491 e. The van der Waals surface area contributed by atoms with Crippen molar-refractivity contribution in [2.24, 2.45) is 0 Å². The van der Waals surface area contributed by atoms with Crippen LogP contribution in [-0.2, 0) is 4.79 Å². The lowest BCUT2D eigenvalue weighted by atomic mass is 10.2. The molecule has 1 aliphatic rings. The van der Waals surface area contributed by atoms with Crippen molar-refractivity contribution in [1.82, 2.24) is 24.8 Å². The number of nitrogens with one attached hydrogen (secondary N) is 1. The highest BCUT2D eigenvalue weighted by atomic mass is 79.9. The number of ether oxygens (including phenoxy) is 1. The van der Waals surface area contributed by atoms with Crippen LogP contribution in [0.15, 0.2) is 41.0 Å². The van der Waals surface area contributed by atoms with E-state index < -0.39 is 6.10 Å². The topological polar surface area (TPSA) is 94.6 Å². The number of H-pyrrole nitrogens is 1. The van der Waals surface area contributed by atoms with Gasteiger partial charge in [0.05, 0.1) is 0 Å². The number of aromatic amines is 1. The summed E-state index contributed by atoms with van der Waals surface area (Å²) in [6.45, 7) is 5.30. The number of halogens is 1. The average Bonchev–Trinajstić information content (AvgIpc) is 3.16. The van der Waals surface area contributed by atoms with Gasteiger partial charge in [-0.05, 0) is 46.3 Å². The fourth-order valence-electron chi connectivity index (χ4n) is 3.50. The van der Waals surface area contributed by atoms with Crippen LogP contribution in [0.5, 0.6) is 5.75 Å². The summed E-state index contributed by atoms with van der Waals surface area (Å²) in [6.07, 6.45) is 1.14. The average molecular weight is 474 g/mol. The molecule has 158 valence electrons. The maximum absolute atomic E-state index is 11.4. The van der Waals surface area contributed by atoms with Crippen LogP contribution in [0.4, 0.5) is 0 Å². The van der Waals surface area contributed by atoms with E-state index in [9.17, 15) is 9.90 Å². The van der Waals surface area contributed by atoms with E-state index in [2.05, 4.69) is 35.8 Å². The van der Waals surface area contributed by atoms with Crippen molar-refractivity contribution in [1.29, 1.82) is 0 Å². The van der Waals surface area contributed by atoms with Gasteiger partial charge < -0.3 is 19.7 Å². The van der Waals surface area contributed by atoms with E-state index in [4.69, 9.17) is 4.74 Å². The maximum atomic E-state index is 11.4. The zero-order valence-corrected chi connectivity index (χ0v) is 18.3. The molecule has 8 nitrogen and oxygen atoms in total. The fraction of sp³-hybridized carbons (Fsp3) is 0.381. The SMILES string of the molecule is CC(=O)N1CCN(CC(O)COc2ccc(-c3nc4cc(Br)cnc4[nH]3)cc2)CC1. The molecule has 9 heteroatoms. The lowest BCUT2D eigenvalue weighted by Gasteiger charge is -2.35. The van der Waals surface area contributed by atoms with Crippen LogP contribution >= 0.6 is 15.9 Å². The van der Waals surface area contributed by atoms with Gasteiger partial charge in [0, 0.05) is 55.9 Å². The molecule has 0 bridgehead atoms. The molecule has 0 radical (unpaired) electrons. The Balaban J connectivity index is 1.28. The van der Waals surface area contributed by atoms with Crippen LogP contribution in [0.1, 0.15) is 6.92 Å². The van der Waals surface area contributed by atoms with Crippen molar-refractivity contribution in [2.75, 3.05) is 39.3 Å². The first-order valence-electron chi connectivity index (χ1n) is 9.88. The molecule has 1 aromatic carbocycles. The van der Waals surface area contributed by atoms with Crippen molar-refractivity contribution >= 4 is 33.0 Å². The third-order valence-corrected chi connectivity index (χ3v) is 5.59. The summed E-state index contributed by atoms with van der Waals surface area (Å²) in [7, 11) is 0. The van der Waals surface area contributed by atoms with E-state index in [1.54, 1.807) is 13.1 Å². The molecule has 4 rings (SSSR count). The molecule has 3 aromatic rings. The molecule has 2 aromatic heterocycles. The zero-order valence-electron chi connectivity index (χ0n) is 16.7. The van der Waals surface area contributed by atoms with Crippen molar-refractivity contribution in [2.45, 2.75) is 13.0 Å². The third kappa shape index (κ3) is 4.97. The monoisotopic (exact) mass is 473 g/mol. The Hall–Kier alpha value is -2.49. The molecular weight excluding hydrogens is 450 g/mol. The smallest absolute Gasteiger partial charge is 0.219 e. The molecule has 1 unspecified atom stereocenters. The molecule has 30 heavy (non-hydrogen) atoms. The van der Waals surface area contributed by atoms with Gasteiger partial charge in [-0.3, -0.25) is 9.69 Å². The van der Waals surface area contributed by atoms with Crippen molar-refractivity contribution in [3.8, 4) is 17.1 Å². The van der Waals surface area contributed by atoms with Gasteiger partial charge in [0.1, 0.15) is 29.8 Å². The predicted octanol–water partition coefficient (Wildman–Crippen LogP) is 2.29. The second-order valence-corrected chi connectivity index (χ2v) is 8.32. The number of carbonyl (C=O) groups is 1. The maximum Gasteiger partial charge on any atom is 0.219 e. The van der Waals surface area contributed by atoms with E-state index in [1.165, 1.54) is 0 Å². The molecule has 1 fully saturated rings. The van der Waals surface area contributed by atoms with Crippen LogP contribution in [0, 0.1) is 0 Å². The number of nitrogens with zero attached hydrogens (tertiary/aromatic N) is 4. The van der Waals surface area contributed by atoms with Gasteiger partial charge in [0.25, 0.3) is 0 Å². The first kappa shape index (κ1) is 20.8. The number of rotatable bonds is 6. The Kier molecular flexibility index (Phi) is 6.31. The van der Waals surface area contributed by atoms with Gasteiger partial charge in [-0.1, -0.05) is 0 Å². The summed E-state index contributed by atoms with van der Waals surface area (Å²) in [5, 5.41) is 10.3. The molecule has 1 aliphatic heterocycles. The molecule has 0 saturated carbocycles. The van der Waals surface area contributed by atoms with Crippen molar-refractivity contribution in [3.05, 3.63) is 41.0 Å². The van der Waals surface area contributed by atoms with Crippen LogP contribution in [0.2, 0.25) is 0 Å². The van der Waals surface area contributed by atoms with Gasteiger partial charge >= 0.3 is 0 Å². The van der Waals surface area contributed by atoms with Gasteiger partial charge in [0.15, 0.2) is 5.65 Å². The molecule has 1 atom stereocenters. The number of aromatic nitrogens is 3. The zero-order chi connectivity index (χ0) is 21.1. The summed E-state index contributed by atoms with van der Waals surface area (Å²) >= 11 is 3.40. The number of benzene rings is 1. The van der Waals surface area contributed by atoms with E-state index in [0.29, 0.717) is 25.4 Å². The van der Waals surface area contributed by atoms with Gasteiger partial charge in [0.2, 0.25) is 5.91 Å². The van der Waals surface area contributed by atoms with Crippen LogP contribution in [-0.4, -0.2) is 81.2 Å². The summed E-state index contributed by atoms with van der Waals surface area (Å²) in [6, 6.07) is 9.50. The molecular formula is C21H24BrN5O3. The normalized spacial score (nSPS) is 16.0. The molecule has 3 heterocycles. The largest absolute Gasteiger partial charge is 0.491 e. The highest BCUT2D eigenvalue weighted by Crippen LogP contribution is 2.23. The molecule has 1 saturated heterocycles. The van der Waals surface area contributed by atoms with Crippen LogP contribution < -0.4 is 4.74 Å². The number of β-amino-alcohol motifs (C(OH)–C–C–N with tert-alkyl or cyclic N) is 1. The number of fused-ring (bicyclic) bond motifs is 1. The lowest BCUT2D eigenvalue weighted by molar-refractivity contribution is -0.130. The summed E-state index contributed by atoms with van der Waals surface area (Å²) < 4.78 is 6.63. The second-order valence-electron chi connectivity index (χ2n) is 7.40. The predicted molar refractivity (Wildman–Crippen MR) is 117 cm³/mol. The van der Waals surface area contributed by atoms with E-state index >= 15 is 0 Å². The van der Waals surface area contributed by atoms with Gasteiger partial charge in [-0.2, -0.15) is 0 Å². The Morgan fingerprint density at radius 3 is 2.70 bits per heavy atom. The Labute approximate surface area is 183 Å². The Morgan fingerprint density at radius 1 is 1.27 bits per heavy atom. The molecule has 1 amide bonds. The number of piperazine rings is 1. The van der Waals surface area contributed by atoms with Crippen LogP contribution in [0.3, 0.4) is 0 Å². The number of imidazole rings is 1. The minimum atomic E-state index is -0.589. The summed E-state index contributed by atoms with van der Waals surface area (Å²) in [5.41, 5.74) is 2.47. The summed E-state index contributed by atoms with van der Waals surface area (Å²) in [5.74, 6) is 1.54. The molecule has 0 spiro atoms. The van der Waals surface area contributed by atoms with Crippen molar-refractivity contribution < 1.29 is 14.6 Å². The Bertz CT molecular complexity index is 1020. The quantitative estimate of drug-likeness (QED) is 0.570. The first-order valence-corrected chi connectivity index (χ1v) is 10.7. The number of aliphatic hydroxyl groups is 1. The van der Waals surface area contributed by atoms with Crippen LogP contribution in [0.25, 0.3) is 22.6 Å². The number of carbonyl (C=O) groups excluding carboxylic acids is 1. The number of hydrogen-bond acceptors (Lipinski definition) is 6. The first-order chi connectivity index (χ1) is 14.5. The minimum absolute atomic E-state index is 0.105. The molecule has 2 N–H and O–H groups in total. The number of hydrogen-bond donors (Lipinski definition) is 2. The number of amides is 1. The number of aliphatic hydroxyl groups excluding tert-OH is 1. The Morgan fingerprint density at radius 2 is 2.00 bits per heavy atom. The third-order valence-electron chi connectivity index (χ3n) is 5.16. The van der Waals surface area contributed by atoms with Gasteiger partial charge in [-0.25, -0.2) is 9.97 Å². The summed E-state index contributed by atoms with van der Waals surface area (Å²) in [4.78, 5) is 27.5. The highest BCUT2D eigenvalue weighted by molar-refractivity contribution is 9.10.